The van der Waals surface area contributed by atoms with Gasteiger partial charge in [0.25, 0.3) is 0 Å². The number of rotatable bonds is 2. The Hall–Kier alpha value is -1.27. The highest BCUT2D eigenvalue weighted by Crippen LogP contribution is 2.26. The standard InChI is InChI=1S/C12H15F3N2O/c1-16-7-8-17(10-5-3-2-4-6-10)11(9-16)18-12(13,14)15/h2-6,11H,7-9H2,1H3. The van der Waals surface area contributed by atoms with Crippen molar-refractivity contribution in [3.63, 3.8) is 0 Å². The Morgan fingerprint density at radius 3 is 2.44 bits per heavy atom. The fourth-order valence-electron chi connectivity index (χ4n) is 2.05. The Balaban J connectivity index is 2.16. The molecule has 0 bridgehead atoms. The van der Waals surface area contributed by atoms with Crippen molar-refractivity contribution in [2.45, 2.75) is 12.6 Å². The molecule has 0 amide bonds. The molecule has 0 N–H and O–H groups in total. The molecule has 1 atom stereocenters. The highest BCUT2D eigenvalue weighted by molar-refractivity contribution is 5.47. The number of likely N-dealkylation sites (N-methyl/N-ethyl adjacent to an activating group) is 1. The van der Waals surface area contributed by atoms with Crippen LogP contribution < -0.4 is 4.90 Å². The van der Waals surface area contributed by atoms with Gasteiger partial charge in [-0.25, -0.2) is 0 Å². The van der Waals surface area contributed by atoms with Gasteiger partial charge < -0.3 is 9.80 Å². The number of piperazine rings is 1. The summed E-state index contributed by atoms with van der Waals surface area (Å²) in [5, 5.41) is 0. The maximum absolute atomic E-state index is 12.4. The fraction of sp³-hybridized carbons (Fsp3) is 0.500. The van der Waals surface area contributed by atoms with Crippen LogP contribution in [0.1, 0.15) is 0 Å². The summed E-state index contributed by atoms with van der Waals surface area (Å²) in [6.45, 7) is 1.46. The quantitative estimate of drug-likeness (QED) is 0.811. The lowest BCUT2D eigenvalue weighted by molar-refractivity contribution is -0.344. The number of halogens is 3. The van der Waals surface area contributed by atoms with Crippen LogP contribution in [0.25, 0.3) is 0 Å². The minimum absolute atomic E-state index is 0.231. The van der Waals surface area contributed by atoms with Crippen LogP contribution in [0.2, 0.25) is 0 Å². The molecule has 1 heterocycles. The highest BCUT2D eigenvalue weighted by Gasteiger charge is 2.38. The lowest BCUT2D eigenvalue weighted by Crippen LogP contribution is -2.54. The lowest BCUT2D eigenvalue weighted by atomic mass is 10.2. The zero-order valence-electron chi connectivity index (χ0n) is 10.0. The number of alkyl halides is 3. The topological polar surface area (TPSA) is 15.7 Å². The summed E-state index contributed by atoms with van der Waals surface area (Å²) in [5.41, 5.74) is 0.750. The molecule has 0 radical (unpaired) electrons. The van der Waals surface area contributed by atoms with E-state index in [-0.39, 0.29) is 6.54 Å². The molecule has 0 spiro atoms. The Morgan fingerprint density at radius 1 is 1.17 bits per heavy atom. The van der Waals surface area contributed by atoms with Crippen molar-refractivity contribution in [1.82, 2.24) is 4.90 Å². The minimum Gasteiger partial charge on any atom is -0.343 e. The van der Waals surface area contributed by atoms with Crippen molar-refractivity contribution in [1.29, 1.82) is 0 Å². The van der Waals surface area contributed by atoms with Gasteiger partial charge in [0.1, 0.15) is 0 Å². The molecule has 1 aromatic carbocycles. The third-order valence-electron chi connectivity index (χ3n) is 2.90. The van der Waals surface area contributed by atoms with Crippen LogP contribution in [0.5, 0.6) is 0 Å². The fourth-order valence-corrected chi connectivity index (χ4v) is 2.05. The first-order chi connectivity index (χ1) is 8.46. The Bertz CT molecular complexity index is 383. The van der Waals surface area contributed by atoms with E-state index in [1.54, 1.807) is 36.2 Å². The number of benzene rings is 1. The van der Waals surface area contributed by atoms with Gasteiger partial charge in [0.2, 0.25) is 0 Å². The maximum Gasteiger partial charge on any atom is 0.524 e. The van der Waals surface area contributed by atoms with Crippen LogP contribution in [-0.2, 0) is 4.74 Å². The van der Waals surface area contributed by atoms with Crippen LogP contribution in [-0.4, -0.2) is 44.2 Å². The van der Waals surface area contributed by atoms with E-state index in [1.165, 1.54) is 0 Å². The van der Waals surface area contributed by atoms with Crippen molar-refractivity contribution < 1.29 is 17.9 Å². The van der Waals surface area contributed by atoms with E-state index in [1.807, 2.05) is 11.0 Å². The van der Waals surface area contributed by atoms with Crippen LogP contribution in [0, 0.1) is 0 Å². The Morgan fingerprint density at radius 2 is 1.83 bits per heavy atom. The van der Waals surface area contributed by atoms with Crippen molar-refractivity contribution in [3.05, 3.63) is 30.3 Å². The number of para-hydroxylation sites is 1. The SMILES string of the molecule is CN1CCN(c2ccccc2)C(OC(F)(F)F)C1. The summed E-state index contributed by atoms with van der Waals surface area (Å²) in [6, 6.07) is 9.02. The van der Waals surface area contributed by atoms with E-state index >= 15 is 0 Å². The maximum atomic E-state index is 12.4. The first kappa shape index (κ1) is 13.2. The minimum atomic E-state index is -4.62. The molecule has 1 fully saturated rings. The number of ether oxygens (including phenoxy) is 1. The van der Waals surface area contributed by atoms with Crippen LogP contribution in [0.15, 0.2) is 30.3 Å². The molecule has 1 unspecified atom stereocenters. The summed E-state index contributed by atoms with van der Waals surface area (Å²) in [7, 11) is 1.79. The molecule has 2 rings (SSSR count). The summed E-state index contributed by atoms with van der Waals surface area (Å²) in [4.78, 5) is 3.48. The average molecular weight is 260 g/mol. The molecule has 0 saturated carbocycles. The molecule has 1 saturated heterocycles. The second-order valence-corrected chi connectivity index (χ2v) is 4.31. The average Bonchev–Trinajstić information content (AvgIpc) is 2.28. The Labute approximate surface area is 104 Å². The van der Waals surface area contributed by atoms with Crippen molar-refractivity contribution in [2.24, 2.45) is 0 Å². The van der Waals surface area contributed by atoms with Crippen molar-refractivity contribution >= 4 is 5.69 Å². The van der Waals surface area contributed by atoms with E-state index in [2.05, 4.69) is 4.74 Å². The third kappa shape index (κ3) is 3.36. The molecule has 100 valence electrons. The van der Waals surface area contributed by atoms with Crippen molar-refractivity contribution in [3.8, 4) is 0 Å². The monoisotopic (exact) mass is 260 g/mol. The van der Waals surface area contributed by atoms with Gasteiger partial charge in [-0.2, -0.15) is 0 Å². The van der Waals surface area contributed by atoms with E-state index in [0.29, 0.717) is 13.1 Å². The van der Waals surface area contributed by atoms with Crippen molar-refractivity contribution in [2.75, 3.05) is 31.6 Å². The molecule has 3 nitrogen and oxygen atoms in total. The number of nitrogens with zero attached hydrogens (tertiary/aromatic N) is 2. The zero-order chi connectivity index (χ0) is 13.2. The van der Waals surface area contributed by atoms with Gasteiger partial charge in [-0.05, 0) is 19.2 Å². The van der Waals surface area contributed by atoms with Gasteiger partial charge in [-0.3, -0.25) is 4.74 Å². The molecule has 6 heteroatoms. The summed E-state index contributed by atoms with van der Waals surface area (Å²) < 4.78 is 41.4. The largest absolute Gasteiger partial charge is 0.524 e. The normalized spacial score (nSPS) is 22.2. The molecular formula is C12H15F3N2O. The van der Waals surface area contributed by atoms with Crippen LogP contribution in [0.4, 0.5) is 18.9 Å². The molecular weight excluding hydrogens is 245 g/mol. The predicted octanol–water partition coefficient (Wildman–Crippen LogP) is 2.30. The van der Waals surface area contributed by atoms with E-state index < -0.39 is 12.6 Å². The first-order valence-electron chi connectivity index (χ1n) is 5.70. The lowest BCUT2D eigenvalue weighted by Gasteiger charge is -2.41. The second-order valence-electron chi connectivity index (χ2n) is 4.31. The molecule has 18 heavy (non-hydrogen) atoms. The van der Waals surface area contributed by atoms with Gasteiger partial charge in [-0.15, -0.1) is 13.2 Å². The van der Waals surface area contributed by atoms with Gasteiger partial charge >= 0.3 is 6.36 Å². The van der Waals surface area contributed by atoms with Gasteiger partial charge in [-0.1, -0.05) is 18.2 Å². The van der Waals surface area contributed by atoms with E-state index in [9.17, 15) is 13.2 Å². The number of anilines is 1. The molecule has 0 aliphatic carbocycles. The van der Waals surface area contributed by atoms with E-state index in [0.717, 1.165) is 5.69 Å². The summed E-state index contributed by atoms with van der Waals surface area (Å²) >= 11 is 0. The second kappa shape index (κ2) is 5.16. The molecule has 1 aromatic rings. The van der Waals surface area contributed by atoms with Crippen LogP contribution in [0.3, 0.4) is 0 Å². The van der Waals surface area contributed by atoms with Crippen LogP contribution >= 0.6 is 0 Å². The molecule has 1 aliphatic heterocycles. The predicted molar refractivity (Wildman–Crippen MR) is 62.2 cm³/mol. The highest BCUT2D eigenvalue weighted by atomic mass is 19.4. The summed E-state index contributed by atoms with van der Waals surface area (Å²) in [6.07, 6.45) is -5.61. The van der Waals surface area contributed by atoms with Gasteiger partial charge in [0.05, 0.1) is 0 Å². The smallest absolute Gasteiger partial charge is 0.343 e. The first-order valence-corrected chi connectivity index (χ1v) is 5.70. The Kier molecular flexibility index (Phi) is 3.77. The molecule has 0 aromatic heterocycles. The number of hydrogen-bond acceptors (Lipinski definition) is 3. The third-order valence-corrected chi connectivity index (χ3v) is 2.90. The van der Waals surface area contributed by atoms with Gasteiger partial charge in [0, 0.05) is 25.3 Å². The zero-order valence-corrected chi connectivity index (χ0v) is 10.0. The van der Waals surface area contributed by atoms with E-state index in [4.69, 9.17) is 0 Å². The number of hydrogen-bond donors (Lipinski definition) is 0. The van der Waals surface area contributed by atoms with Gasteiger partial charge in [0.15, 0.2) is 6.23 Å². The molecule has 1 aliphatic rings. The summed E-state index contributed by atoms with van der Waals surface area (Å²) in [5.74, 6) is 0.